The first-order valence-corrected chi connectivity index (χ1v) is 10.5. The molecule has 1 atom stereocenters. The number of rotatable bonds is 9. The maximum Gasteiger partial charge on any atom is 0.344 e. The number of hydrogen-bond donors (Lipinski definition) is 3. The molecule has 0 radical (unpaired) electrons. The second kappa shape index (κ2) is 9.91. The molecule has 2 rings (SSSR count). The third-order valence-electron chi connectivity index (χ3n) is 4.95. The van der Waals surface area contributed by atoms with Crippen molar-refractivity contribution in [1.82, 2.24) is 26.0 Å². The Bertz CT molecular complexity index is 821. The SMILES string of the molecule is CCN(CC(=O)NN1C(=O)N[C@@](C)(CCc2ccccc2)C1=O)CC(=O)NC(C)(C)C. The van der Waals surface area contributed by atoms with Crippen molar-refractivity contribution in [3.8, 4) is 0 Å². The highest BCUT2D eigenvalue weighted by atomic mass is 16.2. The average molecular weight is 432 g/mol. The van der Waals surface area contributed by atoms with Crippen molar-refractivity contribution in [3.63, 3.8) is 0 Å². The van der Waals surface area contributed by atoms with Gasteiger partial charge in [0, 0.05) is 5.54 Å². The number of likely N-dealkylation sites (N-methyl/N-ethyl adjacent to an activating group) is 1. The Morgan fingerprint density at radius 3 is 2.29 bits per heavy atom. The number of benzene rings is 1. The van der Waals surface area contributed by atoms with E-state index in [9.17, 15) is 19.2 Å². The van der Waals surface area contributed by atoms with Crippen molar-refractivity contribution >= 4 is 23.8 Å². The Labute approximate surface area is 183 Å². The molecule has 0 aromatic heterocycles. The Kier molecular flexibility index (Phi) is 7.78. The van der Waals surface area contributed by atoms with Gasteiger partial charge in [0.05, 0.1) is 13.1 Å². The fourth-order valence-electron chi connectivity index (χ4n) is 3.30. The molecule has 31 heavy (non-hydrogen) atoms. The molecule has 0 unspecified atom stereocenters. The summed E-state index contributed by atoms with van der Waals surface area (Å²) in [7, 11) is 0. The van der Waals surface area contributed by atoms with Crippen LogP contribution in [0, 0.1) is 0 Å². The molecule has 0 saturated carbocycles. The summed E-state index contributed by atoms with van der Waals surface area (Å²) in [6, 6.07) is 9.00. The summed E-state index contributed by atoms with van der Waals surface area (Å²) in [5.74, 6) is -1.25. The fourth-order valence-corrected chi connectivity index (χ4v) is 3.30. The first kappa shape index (κ1) is 24.3. The van der Waals surface area contributed by atoms with Crippen LogP contribution in [-0.2, 0) is 20.8 Å². The molecule has 9 heteroatoms. The third-order valence-corrected chi connectivity index (χ3v) is 4.95. The third kappa shape index (κ3) is 7.06. The van der Waals surface area contributed by atoms with E-state index in [1.807, 2.05) is 58.0 Å². The number of hydrazine groups is 1. The van der Waals surface area contributed by atoms with Crippen LogP contribution in [0.2, 0.25) is 0 Å². The van der Waals surface area contributed by atoms with Gasteiger partial charge in [-0.25, -0.2) is 4.79 Å². The van der Waals surface area contributed by atoms with Gasteiger partial charge in [-0.1, -0.05) is 37.3 Å². The number of hydrogen-bond acceptors (Lipinski definition) is 5. The number of nitrogens with zero attached hydrogens (tertiary/aromatic N) is 2. The molecule has 0 aliphatic carbocycles. The zero-order valence-corrected chi connectivity index (χ0v) is 18.9. The first-order valence-electron chi connectivity index (χ1n) is 10.5. The van der Waals surface area contributed by atoms with Gasteiger partial charge in [0.15, 0.2) is 0 Å². The average Bonchev–Trinajstić information content (AvgIpc) is 2.88. The summed E-state index contributed by atoms with van der Waals surface area (Å²) in [5.41, 5.74) is 1.96. The largest absolute Gasteiger partial charge is 0.350 e. The molecule has 0 bridgehead atoms. The highest BCUT2D eigenvalue weighted by Gasteiger charge is 2.48. The minimum absolute atomic E-state index is 0.0378. The monoisotopic (exact) mass is 431 g/mol. The van der Waals surface area contributed by atoms with Crippen molar-refractivity contribution < 1.29 is 19.2 Å². The predicted octanol–water partition coefficient (Wildman–Crippen LogP) is 1.20. The molecule has 3 N–H and O–H groups in total. The van der Waals surface area contributed by atoms with Crippen LogP contribution in [0.1, 0.15) is 46.6 Å². The summed E-state index contributed by atoms with van der Waals surface area (Å²) in [5, 5.41) is 6.25. The predicted molar refractivity (Wildman–Crippen MR) is 117 cm³/mol. The van der Waals surface area contributed by atoms with Crippen molar-refractivity contribution in [1.29, 1.82) is 0 Å². The lowest BCUT2D eigenvalue weighted by Gasteiger charge is -2.25. The van der Waals surface area contributed by atoms with Crippen molar-refractivity contribution in [3.05, 3.63) is 35.9 Å². The smallest absolute Gasteiger partial charge is 0.344 e. The minimum Gasteiger partial charge on any atom is -0.350 e. The van der Waals surface area contributed by atoms with E-state index in [0.29, 0.717) is 19.4 Å². The van der Waals surface area contributed by atoms with Gasteiger partial charge in [-0.3, -0.25) is 24.7 Å². The number of carbonyl (C=O) groups is 4. The molecule has 1 heterocycles. The summed E-state index contributed by atoms with van der Waals surface area (Å²) >= 11 is 0. The molecule has 9 nitrogen and oxygen atoms in total. The van der Waals surface area contributed by atoms with E-state index in [2.05, 4.69) is 16.1 Å². The number of nitrogens with one attached hydrogen (secondary N) is 3. The Balaban J connectivity index is 1.92. The van der Waals surface area contributed by atoms with Gasteiger partial charge < -0.3 is 10.6 Å². The van der Waals surface area contributed by atoms with Gasteiger partial charge in [0.25, 0.3) is 11.8 Å². The maximum absolute atomic E-state index is 12.8. The molecule has 1 aromatic carbocycles. The van der Waals surface area contributed by atoms with Crippen LogP contribution in [0.5, 0.6) is 0 Å². The zero-order chi connectivity index (χ0) is 23.2. The Morgan fingerprint density at radius 1 is 1.10 bits per heavy atom. The molecule has 1 aliphatic heterocycles. The van der Waals surface area contributed by atoms with Crippen LogP contribution in [0.15, 0.2) is 30.3 Å². The zero-order valence-electron chi connectivity index (χ0n) is 18.9. The highest BCUT2D eigenvalue weighted by molar-refractivity contribution is 6.07. The van der Waals surface area contributed by atoms with Gasteiger partial charge in [-0.05, 0) is 52.6 Å². The Hall–Kier alpha value is -2.94. The summed E-state index contributed by atoms with van der Waals surface area (Å²) in [6.07, 6.45) is 1.01. The second-order valence-corrected chi connectivity index (χ2v) is 9.02. The van der Waals surface area contributed by atoms with Gasteiger partial charge in [0.2, 0.25) is 5.91 Å². The van der Waals surface area contributed by atoms with E-state index >= 15 is 0 Å². The van der Waals surface area contributed by atoms with Crippen LogP contribution in [0.3, 0.4) is 0 Å². The molecule has 170 valence electrons. The molecule has 0 spiro atoms. The molecular weight excluding hydrogens is 398 g/mol. The summed E-state index contributed by atoms with van der Waals surface area (Å²) in [6.45, 7) is 9.48. The standard InChI is InChI=1S/C22H33N5O4/c1-6-26(14-17(28)23-21(2,3)4)15-18(29)25-27-19(30)22(5,24-20(27)31)13-12-16-10-8-7-9-11-16/h7-11H,6,12-15H2,1-5H3,(H,23,28)(H,24,31)(H,25,29)/t22-/m0/s1. The number of urea groups is 1. The quantitative estimate of drug-likeness (QED) is 0.509. The van der Waals surface area contributed by atoms with E-state index in [4.69, 9.17) is 0 Å². The minimum atomic E-state index is -1.10. The number of carbonyl (C=O) groups excluding carboxylic acids is 4. The van der Waals surface area contributed by atoms with Crippen LogP contribution < -0.4 is 16.1 Å². The van der Waals surface area contributed by atoms with Gasteiger partial charge in [-0.2, -0.15) is 5.01 Å². The molecular formula is C22H33N5O4. The first-order chi connectivity index (χ1) is 14.4. The lowest BCUT2D eigenvalue weighted by Crippen LogP contribution is -2.52. The fraction of sp³-hybridized carbons (Fsp3) is 0.545. The molecule has 1 saturated heterocycles. The molecule has 5 amide bonds. The normalized spacial score (nSPS) is 18.8. The van der Waals surface area contributed by atoms with Crippen molar-refractivity contribution in [2.45, 2.75) is 58.5 Å². The van der Waals surface area contributed by atoms with Gasteiger partial charge in [-0.15, -0.1) is 0 Å². The van der Waals surface area contributed by atoms with Crippen LogP contribution in [0.4, 0.5) is 4.79 Å². The highest BCUT2D eigenvalue weighted by Crippen LogP contribution is 2.22. The van der Waals surface area contributed by atoms with E-state index in [0.717, 1.165) is 10.6 Å². The van der Waals surface area contributed by atoms with Gasteiger partial charge in [0.1, 0.15) is 5.54 Å². The Morgan fingerprint density at radius 2 is 1.71 bits per heavy atom. The van der Waals surface area contributed by atoms with E-state index in [-0.39, 0.29) is 24.5 Å². The number of aryl methyl sites for hydroxylation is 1. The number of imide groups is 1. The second-order valence-electron chi connectivity index (χ2n) is 9.02. The summed E-state index contributed by atoms with van der Waals surface area (Å²) < 4.78 is 0. The molecule has 1 fully saturated rings. The van der Waals surface area contributed by atoms with E-state index in [1.54, 1.807) is 11.8 Å². The van der Waals surface area contributed by atoms with Crippen LogP contribution >= 0.6 is 0 Å². The number of amides is 5. The van der Waals surface area contributed by atoms with E-state index < -0.39 is 23.4 Å². The molecule has 1 aliphatic rings. The van der Waals surface area contributed by atoms with Crippen LogP contribution in [-0.4, -0.2) is 64.4 Å². The molecule has 1 aromatic rings. The maximum atomic E-state index is 12.8. The van der Waals surface area contributed by atoms with Gasteiger partial charge >= 0.3 is 6.03 Å². The van der Waals surface area contributed by atoms with Crippen LogP contribution in [0.25, 0.3) is 0 Å². The van der Waals surface area contributed by atoms with Crippen molar-refractivity contribution in [2.24, 2.45) is 0 Å². The van der Waals surface area contributed by atoms with E-state index in [1.165, 1.54) is 0 Å². The van der Waals surface area contributed by atoms with Crippen molar-refractivity contribution in [2.75, 3.05) is 19.6 Å². The topological polar surface area (TPSA) is 111 Å². The lowest BCUT2D eigenvalue weighted by atomic mass is 9.93. The lowest BCUT2D eigenvalue weighted by molar-refractivity contribution is -0.139. The summed E-state index contributed by atoms with van der Waals surface area (Å²) in [4.78, 5) is 51.4.